The van der Waals surface area contributed by atoms with Crippen LogP contribution in [0.3, 0.4) is 0 Å². The Morgan fingerprint density at radius 1 is 1.22 bits per heavy atom. The van der Waals surface area contributed by atoms with Crippen molar-refractivity contribution in [3.8, 4) is 0 Å². The first-order valence-electron chi connectivity index (χ1n) is 6.05. The van der Waals surface area contributed by atoms with Crippen LogP contribution in [0.15, 0.2) is 29.2 Å². The van der Waals surface area contributed by atoms with Gasteiger partial charge in [-0.15, -0.1) is 0 Å². The molecule has 1 unspecified atom stereocenters. The second-order valence-electron chi connectivity index (χ2n) is 3.61. The molecule has 1 rings (SSSR count). The van der Waals surface area contributed by atoms with Gasteiger partial charge in [0, 0.05) is 25.4 Å². The van der Waals surface area contributed by atoms with E-state index < -0.39 is 16.6 Å². The van der Waals surface area contributed by atoms with E-state index in [1.54, 1.807) is 18.2 Å². The molecule has 0 N–H and O–H groups in total. The van der Waals surface area contributed by atoms with Crippen LogP contribution in [0.4, 0.5) is 4.39 Å². The van der Waals surface area contributed by atoms with Crippen LogP contribution in [-0.4, -0.2) is 29.5 Å². The summed E-state index contributed by atoms with van der Waals surface area (Å²) in [4.78, 5) is 0.240. The summed E-state index contributed by atoms with van der Waals surface area (Å²) in [7, 11) is -1.36. The van der Waals surface area contributed by atoms with E-state index in [1.807, 2.05) is 13.8 Å². The van der Waals surface area contributed by atoms with E-state index in [4.69, 9.17) is 9.47 Å². The molecule has 0 aliphatic heterocycles. The molecule has 0 saturated carbocycles. The molecule has 1 aromatic rings. The molecule has 0 saturated heterocycles. The summed E-state index contributed by atoms with van der Waals surface area (Å²) in [6.07, 6.45) is 0.124. The van der Waals surface area contributed by atoms with E-state index in [2.05, 4.69) is 0 Å². The second-order valence-corrected chi connectivity index (χ2v) is 5.15. The lowest BCUT2D eigenvalue weighted by atomic mass is 10.3. The number of rotatable bonds is 8. The molecular weight excluding hydrogens is 255 g/mol. The highest BCUT2D eigenvalue weighted by Crippen LogP contribution is 2.13. The Morgan fingerprint density at radius 3 is 2.39 bits per heavy atom. The molecule has 0 spiro atoms. The van der Waals surface area contributed by atoms with Gasteiger partial charge < -0.3 is 9.47 Å². The lowest BCUT2D eigenvalue weighted by Gasteiger charge is -2.16. The normalized spacial score (nSPS) is 12.9. The van der Waals surface area contributed by atoms with Gasteiger partial charge in [-0.25, -0.2) is 4.39 Å². The van der Waals surface area contributed by atoms with Crippen LogP contribution in [0.5, 0.6) is 0 Å². The molecular formula is C13H19FO3S. The van der Waals surface area contributed by atoms with Crippen LogP contribution in [0.1, 0.15) is 20.3 Å². The highest BCUT2D eigenvalue weighted by molar-refractivity contribution is 7.85. The molecule has 0 radical (unpaired) electrons. The molecule has 18 heavy (non-hydrogen) atoms. The molecule has 0 fully saturated rings. The Bertz CT molecular complexity index is 378. The molecule has 0 amide bonds. The maximum absolute atomic E-state index is 13.4. The predicted octanol–water partition coefficient (Wildman–Crippen LogP) is 2.72. The smallest absolute Gasteiger partial charge is 0.158 e. The standard InChI is InChI=1S/C13H19FO3S/c1-3-16-13(17-4-2)9-10-18(15)12-8-6-5-7-11(12)14/h5-8,13H,3-4,9-10H2,1-2H3. The van der Waals surface area contributed by atoms with Gasteiger partial charge in [0.25, 0.3) is 0 Å². The molecule has 0 aliphatic carbocycles. The molecule has 1 aromatic carbocycles. The number of benzene rings is 1. The van der Waals surface area contributed by atoms with Crippen molar-refractivity contribution >= 4 is 10.8 Å². The van der Waals surface area contributed by atoms with E-state index in [0.29, 0.717) is 25.4 Å². The summed E-state index contributed by atoms with van der Waals surface area (Å²) < 4.78 is 36.0. The highest BCUT2D eigenvalue weighted by atomic mass is 32.2. The van der Waals surface area contributed by atoms with Gasteiger partial charge in [0.2, 0.25) is 0 Å². The minimum Gasteiger partial charge on any atom is -0.353 e. The molecule has 1 atom stereocenters. The van der Waals surface area contributed by atoms with Gasteiger partial charge in [-0.2, -0.15) is 0 Å². The SMILES string of the molecule is CCOC(CCS(=O)c1ccccc1F)OCC. The summed E-state index contributed by atoms with van der Waals surface area (Å²) in [5, 5.41) is 0. The first-order valence-corrected chi connectivity index (χ1v) is 7.37. The van der Waals surface area contributed by atoms with Gasteiger partial charge in [-0.05, 0) is 26.0 Å². The fourth-order valence-electron chi connectivity index (χ4n) is 1.53. The van der Waals surface area contributed by atoms with E-state index >= 15 is 0 Å². The Kier molecular flexibility index (Phi) is 7.08. The van der Waals surface area contributed by atoms with Gasteiger partial charge in [-0.1, -0.05) is 12.1 Å². The molecule has 5 heteroatoms. The van der Waals surface area contributed by atoms with E-state index in [0.717, 1.165) is 0 Å². The third-order valence-corrected chi connectivity index (χ3v) is 3.75. The summed E-state index contributed by atoms with van der Waals surface area (Å²) in [5.41, 5.74) is 0. The minimum absolute atomic E-state index is 0.240. The Balaban J connectivity index is 2.52. The average Bonchev–Trinajstić information content (AvgIpc) is 2.36. The van der Waals surface area contributed by atoms with Crippen LogP contribution >= 0.6 is 0 Å². The summed E-state index contributed by atoms with van der Waals surface area (Å²) in [5.74, 6) is -0.105. The molecule has 3 nitrogen and oxygen atoms in total. The molecule has 0 bridgehead atoms. The molecule has 102 valence electrons. The first kappa shape index (κ1) is 15.3. The largest absolute Gasteiger partial charge is 0.353 e. The molecule has 0 aliphatic rings. The highest BCUT2D eigenvalue weighted by Gasteiger charge is 2.13. The topological polar surface area (TPSA) is 35.5 Å². The summed E-state index contributed by atoms with van der Waals surface area (Å²) in [6.45, 7) is 4.83. The number of hydrogen-bond acceptors (Lipinski definition) is 3. The fraction of sp³-hybridized carbons (Fsp3) is 0.538. The van der Waals surface area contributed by atoms with Crippen molar-refractivity contribution in [3.05, 3.63) is 30.1 Å². The van der Waals surface area contributed by atoms with Crippen molar-refractivity contribution in [2.24, 2.45) is 0 Å². The lowest BCUT2D eigenvalue weighted by Crippen LogP contribution is -2.20. The Labute approximate surface area is 110 Å². The quantitative estimate of drug-likeness (QED) is 0.684. The number of halogens is 1. The van der Waals surface area contributed by atoms with Gasteiger partial charge in [0.05, 0.1) is 15.7 Å². The van der Waals surface area contributed by atoms with Gasteiger partial charge in [0.1, 0.15) is 5.82 Å². The van der Waals surface area contributed by atoms with Crippen LogP contribution in [0.2, 0.25) is 0 Å². The molecule has 0 aromatic heterocycles. The van der Waals surface area contributed by atoms with Crippen molar-refractivity contribution in [1.29, 1.82) is 0 Å². The van der Waals surface area contributed by atoms with E-state index in [-0.39, 0.29) is 11.2 Å². The van der Waals surface area contributed by atoms with Gasteiger partial charge >= 0.3 is 0 Å². The lowest BCUT2D eigenvalue weighted by molar-refractivity contribution is -0.136. The zero-order valence-corrected chi connectivity index (χ0v) is 11.5. The number of hydrogen-bond donors (Lipinski definition) is 0. The first-order chi connectivity index (χ1) is 8.69. The summed E-state index contributed by atoms with van der Waals surface area (Å²) in [6, 6.07) is 6.12. The van der Waals surface area contributed by atoms with Crippen molar-refractivity contribution in [3.63, 3.8) is 0 Å². The van der Waals surface area contributed by atoms with Crippen LogP contribution in [0.25, 0.3) is 0 Å². The third-order valence-electron chi connectivity index (χ3n) is 2.33. The average molecular weight is 274 g/mol. The second kappa shape index (κ2) is 8.34. The Morgan fingerprint density at radius 2 is 1.83 bits per heavy atom. The van der Waals surface area contributed by atoms with Gasteiger partial charge in [-0.3, -0.25) is 4.21 Å². The third kappa shape index (κ3) is 4.84. The van der Waals surface area contributed by atoms with Crippen LogP contribution in [0, 0.1) is 5.82 Å². The van der Waals surface area contributed by atoms with Crippen molar-refractivity contribution in [2.75, 3.05) is 19.0 Å². The van der Waals surface area contributed by atoms with Crippen molar-refractivity contribution in [2.45, 2.75) is 31.5 Å². The van der Waals surface area contributed by atoms with Crippen LogP contribution in [-0.2, 0) is 20.3 Å². The number of ether oxygens (including phenoxy) is 2. The fourth-order valence-corrected chi connectivity index (χ4v) is 2.67. The zero-order valence-electron chi connectivity index (χ0n) is 10.7. The van der Waals surface area contributed by atoms with E-state index in [1.165, 1.54) is 6.07 Å². The summed E-state index contributed by atoms with van der Waals surface area (Å²) >= 11 is 0. The van der Waals surface area contributed by atoms with Gasteiger partial charge in [0.15, 0.2) is 6.29 Å². The zero-order chi connectivity index (χ0) is 13.4. The monoisotopic (exact) mass is 274 g/mol. The maximum atomic E-state index is 13.4. The maximum Gasteiger partial charge on any atom is 0.158 e. The predicted molar refractivity (Wildman–Crippen MR) is 69.3 cm³/mol. The van der Waals surface area contributed by atoms with Crippen molar-refractivity contribution in [1.82, 2.24) is 0 Å². The van der Waals surface area contributed by atoms with E-state index in [9.17, 15) is 8.60 Å². The minimum atomic E-state index is -1.36. The van der Waals surface area contributed by atoms with Crippen LogP contribution < -0.4 is 0 Å². The Hall–Kier alpha value is -0.780. The molecule has 0 heterocycles. The van der Waals surface area contributed by atoms with Crippen molar-refractivity contribution < 1.29 is 18.1 Å².